The van der Waals surface area contributed by atoms with Crippen molar-refractivity contribution in [2.45, 2.75) is 45.2 Å². The lowest BCUT2D eigenvalue weighted by molar-refractivity contribution is -0.134. The second-order valence-electron chi connectivity index (χ2n) is 5.04. The van der Waals surface area contributed by atoms with Crippen molar-refractivity contribution in [2.24, 2.45) is 0 Å². The maximum absolute atomic E-state index is 12.2. The summed E-state index contributed by atoms with van der Waals surface area (Å²) in [5, 5.41) is 2.70. The number of carbonyl (C=O) groups excluding carboxylic acids is 2. The minimum absolute atomic E-state index is 0.00204. The summed E-state index contributed by atoms with van der Waals surface area (Å²) in [7, 11) is 0. The molecule has 0 aliphatic carbocycles. The van der Waals surface area contributed by atoms with Crippen molar-refractivity contribution in [1.82, 2.24) is 10.2 Å². The first-order valence-corrected chi connectivity index (χ1v) is 6.70. The first kappa shape index (κ1) is 13.6. The van der Waals surface area contributed by atoms with E-state index in [-0.39, 0.29) is 17.9 Å². The van der Waals surface area contributed by atoms with Crippen LogP contribution < -0.4 is 5.32 Å². The Morgan fingerprint density at radius 1 is 1.53 bits per heavy atom. The maximum atomic E-state index is 12.2. The van der Waals surface area contributed by atoms with Crippen molar-refractivity contribution in [3.8, 4) is 0 Å². The highest BCUT2D eigenvalue weighted by atomic mass is 16.3. The molecule has 1 N–H and O–H groups in total. The van der Waals surface area contributed by atoms with Crippen LogP contribution >= 0.6 is 0 Å². The van der Waals surface area contributed by atoms with Crippen LogP contribution in [-0.2, 0) is 16.0 Å². The van der Waals surface area contributed by atoms with E-state index < -0.39 is 6.04 Å². The van der Waals surface area contributed by atoms with Gasteiger partial charge < -0.3 is 14.6 Å². The minimum Gasteiger partial charge on any atom is -0.469 e. The predicted octanol–water partition coefficient (Wildman–Crippen LogP) is 1.34. The zero-order valence-corrected chi connectivity index (χ0v) is 11.4. The van der Waals surface area contributed by atoms with Crippen LogP contribution in [-0.4, -0.2) is 35.3 Å². The Kier molecular flexibility index (Phi) is 4.24. The average Bonchev–Trinajstić information content (AvgIpc) is 2.84. The van der Waals surface area contributed by atoms with Gasteiger partial charge in [-0.25, -0.2) is 0 Å². The molecule has 1 fully saturated rings. The lowest BCUT2D eigenvalue weighted by Gasteiger charge is -2.29. The van der Waals surface area contributed by atoms with Gasteiger partial charge in [0.25, 0.3) is 0 Å². The molecule has 0 aromatic carbocycles. The van der Waals surface area contributed by atoms with Gasteiger partial charge in [0.1, 0.15) is 11.8 Å². The number of furan rings is 1. The van der Waals surface area contributed by atoms with Crippen LogP contribution in [0.25, 0.3) is 0 Å². The third-order valence-corrected chi connectivity index (χ3v) is 3.53. The molecule has 2 unspecified atom stereocenters. The molecule has 0 bridgehead atoms. The highest BCUT2D eigenvalue weighted by Gasteiger charge is 2.29. The van der Waals surface area contributed by atoms with Crippen molar-refractivity contribution in [1.29, 1.82) is 0 Å². The molecule has 1 aromatic heterocycles. The quantitative estimate of drug-likeness (QED) is 0.892. The van der Waals surface area contributed by atoms with E-state index in [1.165, 1.54) is 0 Å². The molecule has 2 atom stereocenters. The lowest BCUT2D eigenvalue weighted by Crippen LogP contribution is -2.46. The second kappa shape index (κ2) is 5.91. The standard InChI is InChI=1S/C14H20N2O3/c1-10(5-6-12-4-3-9-19-12)16-8-7-13(17)15-11(2)14(16)18/h3-4,9-11H,5-8H2,1-2H3,(H,15,17). The Bertz CT molecular complexity index is 442. The van der Waals surface area contributed by atoms with E-state index in [4.69, 9.17) is 4.42 Å². The summed E-state index contributed by atoms with van der Waals surface area (Å²) in [6, 6.07) is 3.47. The monoisotopic (exact) mass is 264 g/mol. The number of amides is 2. The number of hydrogen-bond donors (Lipinski definition) is 1. The highest BCUT2D eigenvalue weighted by Crippen LogP contribution is 2.14. The summed E-state index contributed by atoms with van der Waals surface area (Å²) in [4.78, 5) is 25.4. The highest BCUT2D eigenvalue weighted by molar-refractivity contribution is 5.89. The number of nitrogens with zero attached hydrogens (tertiary/aromatic N) is 1. The average molecular weight is 264 g/mol. The van der Waals surface area contributed by atoms with Crippen LogP contribution in [0.3, 0.4) is 0 Å². The van der Waals surface area contributed by atoms with E-state index in [2.05, 4.69) is 5.32 Å². The molecule has 2 rings (SSSR count). The number of rotatable bonds is 4. The van der Waals surface area contributed by atoms with E-state index in [1.54, 1.807) is 18.1 Å². The van der Waals surface area contributed by atoms with Crippen molar-refractivity contribution in [3.63, 3.8) is 0 Å². The summed E-state index contributed by atoms with van der Waals surface area (Å²) >= 11 is 0. The van der Waals surface area contributed by atoms with Crippen molar-refractivity contribution >= 4 is 11.8 Å². The Hall–Kier alpha value is -1.78. The molecular weight excluding hydrogens is 244 g/mol. The van der Waals surface area contributed by atoms with Gasteiger partial charge in [-0.1, -0.05) is 0 Å². The molecule has 0 spiro atoms. The predicted molar refractivity (Wildman–Crippen MR) is 70.4 cm³/mol. The second-order valence-corrected chi connectivity index (χ2v) is 5.04. The molecule has 5 heteroatoms. The van der Waals surface area contributed by atoms with Crippen LogP contribution in [0, 0.1) is 0 Å². The zero-order valence-electron chi connectivity index (χ0n) is 11.4. The van der Waals surface area contributed by atoms with Crippen LogP contribution in [0.1, 0.15) is 32.4 Å². The molecule has 104 valence electrons. The summed E-state index contributed by atoms with van der Waals surface area (Å²) in [5.41, 5.74) is 0. The molecule has 1 saturated heterocycles. The van der Waals surface area contributed by atoms with Crippen LogP contribution in [0.15, 0.2) is 22.8 Å². The van der Waals surface area contributed by atoms with Gasteiger partial charge in [-0.05, 0) is 32.4 Å². The van der Waals surface area contributed by atoms with Gasteiger partial charge in [-0.15, -0.1) is 0 Å². The Morgan fingerprint density at radius 2 is 2.32 bits per heavy atom. The van der Waals surface area contributed by atoms with Crippen molar-refractivity contribution in [3.05, 3.63) is 24.2 Å². The van der Waals surface area contributed by atoms with Crippen LogP contribution in [0.2, 0.25) is 0 Å². The van der Waals surface area contributed by atoms with Gasteiger partial charge in [0.15, 0.2) is 0 Å². The zero-order chi connectivity index (χ0) is 13.8. The van der Waals surface area contributed by atoms with Gasteiger partial charge in [-0.2, -0.15) is 0 Å². The van der Waals surface area contributed by atoms with E-state index in [0.717, 1.165) is 18.6 Å². The molecule has 5 nitrogen and oxygen atoms in total. The Balaban J connectivity index is 1.94. The van der Waals surface area contributed by atoms with Gasteiger partial charge in [0.2, 0.25) is 11.8 Å². The minimum atomic E-state index is -0.430. The fourth-order valence-corrected chi connectivity index (χ4v) is 2.36. The molecule has 19 heavy (non-hydrogen) atoms. The molecule has 1 aromatic rings. The first-order valence-electron chi connectivity index (χ1n) is 6.70. The summed E-state index contributed by atoms with van der Waals surface area (Å²) < 4.78 is 5.29. The van der Waals surface area contributed by atoms with Gasteiger partial charge in [-0.3, -0.25) is 9.59 Å². The molecule has 2 amide bonds. The number of nitrogens with one attached hydrogen (secondary N) is 1. The van der Waals surface area contributed by atoms with Crippen molar-refractivity contribution in [2.75, 3.05) is 6.54 Å². The van der Waals surface area contributed by atoms with E-state index >= 15 is 0 Å². The molecule has 0 radical (unpaired) electrons. The number of hydrogen-bond acceptors (Lipinski definition) is 3. The molecule has 2 heterocycles. The summed E-state index contributed by atoms with van der Waals surface area (Å²) in [5.74, 6) is 0.871. The first-order chi connectivity index (χ1) is 9.08. The smallest absolute Gasteiger partial charge is 0.245 e. The molecule has 0 saturated carbocycles. The fourth-order valence-electron chi connectivity index (χ4n) is 2.36. The van der Waals surface area contributed by atoms with Crippen molar-refractivity contribution < 1.29 is 14.0 Å². The SMILES string of the molecule is CC1NC(=O)CCN(C(C)CCc2ccco2)C1=O. The van der Waals surface area contributed by atoms with E-state index in [0.29, 0.717) is 13.0 Å². The summed E-state index contributed by atoms with van der Waals surface area (Å²) in [6.45, 7) is 4.25. The van der Waals surface area contributed by atoms with Gasteiger partial charge in [0.05, 0.1) is 6.26 Å². The third-order valence-electron chi connectivity index (χ3n) is 3.53. The normalized spacial score (nSPS) is 22.0. The Labute approximate surface area is 113 Å². The van der Waals surface area contributed by atoms with Crippen LogP contribution in [0.5, 0.6) is 0 Å². The molecule has 1 aliphatic heterocycles. The fraction of sp³-hybridized carbons (Fsp3) is 0.571. The molecular formula is C14H20N2O3. The molecule has 1 aliphatic rings. The van der Waals surface area contributed by atoms with E-state index in [1.807, 2.05) is 19.1 Å². The Morgan fingerprint density at radius 3 is 3.00 bits per heavy atom. The number of aryl methyl sites for hydroxylation is 1. The van der Waals surface area contributed by atoms with Crippen LogP contribution in [0.4, 0.5) is 0 Å². The lowest BCUT2D eigenvalue weighted by atomic mass is 10.1. The third kappa shape index (κ3) is 3.36. The summed E-state index contributed by atoms with van der Waals surface area (Å²) in [6.07, 6.45) is 3.66. The topological polar surface area (TPSA) is 62.6 Å². The maximum Gasteiger partial charge on any atom is 0.245 e. The van der Waals surface area contributed by atoms with Gasteiger partial charge in [0, 0.05) is 25.4 Å². The largest absolute Gasteiger partial charge is 0.469 e. The van der Waals surface area contributed by atoms with Gasteiger partial charge >= 0.3 is 0 Å². The van der Waals surface area contributed by atoms with E-state index in [9.17, 15) is 9.59 Å². The number of carbonyl (C=O) groups is 2.